The minimum Gasteiger partial charge on any atom is -0.355 e. The van der Waals surface area contributed by atoms with Crippen LogP contribution in [0.25, 0.3) is 10.9 Å². The third-order valence-electron chi connectivity index (χ3n) is 6.67. The van der Waals surface area contributed by atoms with Crippen molar-refractivity contribution in [1.29, 1.82) is 0 Å². The number of carbonyl (C=O) groups is 1. The van der Waals surface area contributed by atoms with Gasteiger partial charge in [-0.3, -0.25) is 9.78 Å². The summed E-state index contributed by atoms with van der Waals surface area (Å²) in [6.07, 6.45) is -3.02. The molecule has 1 aliphatic rings. The predicted molar refractivity (Wildman–Crippen MR) is 142 cm³/mol. The van der Waals surface area contributed by atoms with Crippen LogP contribution < -0.4 is 5.32 Å². The highest BCUT2D eigenvalue weighted by Crippen LogP contribution is 2.33. The Morgan fingerprint density at radius 2 is 1.56 bits per heavy atom. The van der Waals surface area contributed by atoms with Gasteiger partial charge in [-0.2, -0.15) is 17.5 Å². The molecule has 1 aliphatic heterocycles. The lowest BCUT2D eigenvalue weighted by Gasteiger charge is -2.34. The van der Waals surface area contributed by atoms with Crippen LogP contribution in [0.5, 0.6) is 0 Å². The number of aromatic nitrogens is 1. The predicted octanol–water partition coefficient (Wildman–Crippen LogP) is 5.45. The Bertz CT molecular complexity index is 1620. The molecule has 1 saturated heterocycles. The average Bonchev–Trinajstić information content (AvgIpc) is 2.93. The van der Waals surface area contributed by atoms with E-state index in [1.807, 2.05) is 6.92 Å². The second-order valence-corrected chi connectivity index (χ2v) is 11.2. The summed E-state index contributed by atoms with van der Waals surface area (Å²) < 4.78 is 66.4. The van der Waals surface area contributed by atoms with E-state index in [9.17, 15) is 26.4 Å². The maximum Gasteiger partial charge on any atom is 0.416 e. The molecule has 0 unspecified atom stereocenters. The fourth-order valence-electron chi connectivity index (χ4n) is 4.46. The fourth-order valence-corrected chi connectivity index (χ4v) is 5.88. The Hall–Kier alpha value is -3.96. The Morgan fingerprint density at radius 1 is 0.897 bits per heavy atom. The van der Waals surface area contributed by atoms with Crippen molar-refractivity contribution in [2.24, 2.45) is 0 Å². The van der Waals surface area contributed by atoms with Crippen molar-refractivity contribution in [2.75, 3.05) is 31.5 Å². The molecule has 2 heterocycles. The zero-order chi connectivity index (χ0) is 27.8. The van der Waals surface area contributed by atoms with Gasteiger partial charge in [0.2, 0.25) is 10.0 Å². The molecular formula is C28H25F3N4O3S. The Morgan fingerprint density at radius 3 is 2.21 bits per heavy atom. The summed E-state index contributed by atoms with van der Waals surface area (Å²) in [5.74, 6) is -0.206. The SMILES string of the molecule is Cc1ccc(S(=O)(=O)N2CCN(C(=O)c3ccc(Nc4ccnc5cc(C(F)(F)F)ccc45)cc3)CC2)cc1. The molecule has 1 amide bonds. The summed E-state index contributed by atoms with van der Waals surface area (Å²) >= 11 is 0. The number of hydrogen-bond donors (Lipinski definition) is 1. The Labute approximate surface area is 223 Å². The molecule has 1 fully saturated rings. The van der Waals surface area contributed by atoms with Crippen LogP contribution in [0.4, 0.5) is 24.5 Å². The number of benzene rings is 3. The highest BCUT2D eigenvalue weighted by Gasteiger charge is 2.31. The summed E-state index contributed by atoms with van der Waals surface area (Å²) in [4.78, 5) is 19.0. The number of sulfonamides is 1. The van der Waals surface area contributed by atoms with Gasteiger partial charge in [-0.05, 0) is 61.5 Å². The van der Waals surface area contributed by atoms with Crippen molar-refractivity contribution in [3.8, 4) is 0 Å². The molecule has 202 valence electrons. The van der Waals surface area contributed by atoms with Gasteiger partial charge in [0, 0.05) is 54.7 Å². The number of hydrogen-bond acceptors (Lipinski definition) is 5. The van der Waals surface area contributed by atoms with Crippen molar-refractivity contribution >= 4 is 38.2 Å². The smallest absolute Gasteiger partial charge is 0.355 e. The number of piperazine rings is 1. The van der Waals surface area contributed by atoms with Gasteiger partial charge in [-0.15, -0.1) is 0 Å². The lowest BCUT2D eigenvalue weighted by Crippen LogP contribution is -2.50. The standard InChI is InChI=1S/C28H25F3N4O3S/c1-19-2-9-23(10-3-19)39(37,38)35-16-14-34(15-17-35)27(36)20-4-7-22(8-5-20)33-25-12-13-32-26-18-21(28(29,30)31)6-11-24(25)26/h2-13,18H,14-17H2,1H3,(H,32,33). The monoisotopic (exact) mass is 554 g/mol. The normalized spacial score (nSPS) is 14.9. The van der Waals surface area contributed by atoms with Gasteiger partial charge in [-0.1, -0.05) is 23.8 Å². The fraction of sp³-hybridized carbons (Fsp3) is 0.214. The molecule has 1 N–H and O–H groups in total. The van der Waals surface area contributed by atoms with Gasteiger partial charge in [0.25, 0.3) is 5.91 Å². The lowest BCUT2D eigenvalue weighted by molar-refractivity contribution is -0.137. The molecule has 39 heavy (non-hydrogen) atoms. The molecule has 4 aromatic rings. The maximum atomic E-state index is 13.1. The molecule has 0 spiro atoms. The number of rotatable bonds is 5. The molecule has 11 heteroatoms. The molecule has 0 bridgehead atoms. The Kier molecular flexibility index (Phi) is 7.04. The number of nitrogens with zero attached hydrogens (tertiary/aromatic N) is 3. The number of carbonyl (C=O) groups excluding carboxylic acids is 1. The van der Waals surface area contributed by atoms with E-state index < -0.39 is 21.8 Å². The van der Waals surface area contributed by atoms with Gasteiger partial charge in [0.05, 0.1) is 16.0 Å². The van der Waals surface area contributed by atoms with Crippen LogP contribution in [0, 0.1) is 6.92 Å². The number of nitrogens with one attached hydrogen (secondary N) is 1. The van der Waals surface area contributed by atoms with Crippen molar-refractivity contribution in [3.05, 3.63) is 95.7 Å². The number of aryl methyl sites for hydroxylation is 1. The molecule has 1 aromatic heterocycles. The molecule has 5 rings (SSSR count). The second-order valence-electron chi connectivity index (χ2n) is 9.30. The quantitative estimate of drug-likeness (QED) is 0.355. The van der Waals surface area contributed by atoms with E-state index in [2.05, 4.69) is 10.3 Å². The first kappa shape index (κ1) is 26.6. The zero-order valence-electron chi connectivity index (χ0n) is 20.9. The first-order valence-corrected chi connectivity index (χ1v) is 13.7. The van der Waals surface area contributed by atoms with Crippen LogP contribution in [-0.2, 0) is 16.2 Å². The number of alkyl halides is 3. The summed E-state index contributed by atoms with van der Waals surface area (Å²) in [5, 5.41) is 3.70. The topological polar surface area (TPSA) is 82.6 Å². The summed E-state index contributed by atoms with van der Waals surface area (Å²) in [5.41, 5.74) is 2.09. The van der Waals surface area contributed by atoms with Gasteiger partial charge in [0.1, 0.15) is 0 Å². The van der Waals surface area contributed by atoms with Crippen LogP contribution in [0.1, 0.15) is 21.5 Å². The first-order chi connectivity index (χ1) is 18.5. The minimum atomic E-state index is -4.45. The largest absolute Gasteiger partial charge is 0.416 e. The van der Waals surface area contributed by atoms with E-state index in [0.717, 1.165) is 17.7 Å². The van der Waals surface area contributed by atoms with Crippen molar-refractivity contribution in [1.82, 2.24) is 14.2 Å². The number of pyridine rings is 1. The maximum absolute atomic E-state index is 13.1. The van der Waals surface area contributed by atoms with E-state index >= 15 is 0 Å². The van der Waals surface area contributed by atoms with E-state index in [1.54, 1.807) is 59.5 Å². The van der Waals surface area contributed by atoms with Gasteiger partial charge >= 0.3 is 6.18 Å². The van der Waals surface area contributed by atoms with Crippen molar-refractivity contribution < 1.29 is 26.4 Å². The molecule has 0 aliphatic carbocycles. The van der Waals surface area contributed by atoms with E-state index in [4.69, 9.17) is 0 Å². The summed E-state index contributed by atoms with van der Waals surface area (Å²) in [7, 11) is -3.63. The zero-order valence-corrected chi connectivity index (χ0v) is 21.8. The summed E-state index contributed by atoms with van der Waals surface area (Å²) in [6, 6.07) is 18.5. The lowest BCUT2D eigenvalue weighted by atomic mass is 10.1. The number of anilines is 2. The van der Waals surface area contributed by atoms with Crippen molar-refractivity contribution in [3.63, 3.8) is 0 Å². The molecule has 0 radical (unpaired) electrons. The van der Waals surface area contributed by atoms with E-state index in [1.165, 1.54) is 16.6 Å². The van der Waals surface area contributed by atoms with Crippen LogP contribution in [0.2, 0.25) is 0 Å². The van der Waals surface area contributed by atoms with Crippen LogP contribution in [0.3, 0.4) is 0 Å². The van der Waals surface area contributed by atoms with E-state index in [-0.39, 0.29) is 42.5 Å². The van der Waals surface area contributed by atoms with Gasteiger partial charge in [-0.25, -0.2) is 8.42 Å². The van der Waals surface area contributed by atoms with Crippen LogP contribution >= 0.6 is 0 Å². The molecule has 3 aromatic carbocycles. The second kappa shape index (κ2) is 10.3. The molecule has 0 atom stereocenters. The molecule has 7 nitrogen and oxygen atoms in total. The third kappa shape index (κ3) is 5.59. The van der Waals surface area contributed by atoms with Crippen molar-refractivity contribution in [2.45, 2.75) is 18.0 Å². The Balaban J connectivity index is 1.24. The van der Waals surface area contributed by atoms with Crippen LogP contribution in [-0.4, -0.2) is 54.7 Å². The molecular weight excluding hydrogens is 529 g/mol. The minimum absolute atomic E-state index is 0.201. The number of amides is 1. The first-order valence-electron chi connectivity index (χ1n) is 12.2. The average molecular weight is 555 g/mol. The third-order valence-corrected chi connectivity index (χ3v) is 8.58. The van der Waals surface area contributed by atoms with Crippen LogP contribution in [0.15, 0.2) is 83.9 Å². The van der Waals surface area contributed by atoms with Gasteiger partial charge in [0.15, 0.2) is 0 Å². The van der Waals surface area contributed by atoms with Gasteiger partial charge < -0.3 is 10.2 Å². The highest BCUT2D eigenvalue weighted by atomic mass is 32.2. The number of fused-ring (bicyclic) bond motifs is 1. The highest BCUT2D eigenvalue weighted by molar-refractivity contribution is 7.89. The molecule has 0 saturated carbocycles. The van der Waals surface area contributed by atoms with E-state index in [0.29, 0.717) is 22.3 Å². The summed E-state index contributed by atoms with van der Waals surface area (Å²) in [6.45, 7) is 2.83. The number of halogens is 3.